The first-order valence-corrected chi connectivity index (χ1v) is 7.51. The van der Waals surface area contributed by atoms with Crippen LogP contribution in [0.3, 0.4) is 0 Å². The molecule has 0 spiro atoms. The van der Waals surface area contributed by atoms with E-state index in [0.717, 1.165) is 56.6 Å². The van der Waals surface area contributed by atoms with Crippen molar-refractivity contribution in [3.05, 3.63) is 23.7 Å². The molecule has 0 radical (unpaired) electrons. The summed E-state index contributed by atoms with van der Waals surface area (Å²) in [5.74, 6) is 1.61. The lowest BCUT2D eigenvalue weighted by atomic mass is 10.3. The number of aryl methyl sites for hydroxylation is 1. The molecule has 1 aromatic heterocycles. The van der Waals surface area contributed by atoms with Gasteiger partial charge >= 0.3 is 0 Å². The zero-order chi connectivity index (χ0) is 15.1. The van der Waals surface area contributed by atoms with Crippen LogP contribution in [0.1, 0.15) is 18.4 Å². The molecule has 1 fully saturated rings. The molecule has 0 unspecified atom stereocenters. The molecule has 0 aromatic carbocycles. The number of thiocarbonyl (C=S) groups is 1. The third-order valence-corrected chi connectivity index (χ3v) is 3.48. The lowest BCUT2D eigenvalue weighted by Crippen LogP contribution is -2.42. The van der Waals surface area contributed by atoms with Gasteiger partial charge in [0.2, 0.25) is 0 Å². The van der Waals surface area contributed by atoms with E-state index < -0.39 is 0 Å². The summed E-state index contributed by atoms with van der Waals surface area (Å²) in [5.41, 5.74) is 3.60. The van der Waals surface area contributed by atoms with Crippen molar-refractivity contribution < 1.29 is 9.15 Å². The van der Waals surface area contributed by atoms with Crippen molar-refractivity contribution >= 4 is 23.0 Å². The molecule has 21 heavy (non-hydrogen) atoms. The minimum absolute atomic E-state index is 0.519. The first kappa shape index (κ1) is 15.9. The molecule has 0 amide bonds. The maximum absolute atomic E-state index is 5.49. The van der Waals surface area contributed by atoms with E-state index >= 15 is 0 Å². The third kappa shape index (κ3) is 5.45. The van der Waals surface area contributed by atoms with Crippen LogP contribution in [-0.4, -0.2) is 55.1 Å². The number of hydrazone groups is 1. The van der Waals surface area contributed by atoms with Crippen molar-refractivity contribution in [2.24, 2.45) is 5.10 Å². The van der Waals surface area contributed by atoms with Crippen LogP contribution in [0, 0.1) is 6.92 Å². The fourth-order valence-electron chi connectivity index (χ4n) is 2.01. The van der Waals surface area contributed by atoms with Gasteiger partial charge in [0.1, 0.15) is 17.2 Å². The minimum atomic E-state index is 0.519. The van der Waals surface area contributed by atoms with Gasteiger partial charge in [0, 0.05) is 26.2 Å². The highest BCUT2D eigenvalue weighted by Crippen LogP contribution is 2.06. The van der Waals surface area contributed by atoms with E-state index in [2.05, 4.69) is 20.7 Å². The molecule has 0 aliphatic carbocycles. The monoisotopic (exact) mass is 310 g/mol. The van der Waals surface area contributed by atoms with E-state index in [9.17, 15) is 0 Å². The average molecular weight is 310 g/mol. The fourth-order valence-corrected chi connectivity index (χ4v) is 2.16. The highest BCUT2D eigenvalue weighted by atomic mass is 32.1. The Bertz CT molecular complexity index is 495. The number of nitrogens with one attached hydrogen (secondary N) is 2. The molecular weight excluding hydrogens is 288 g/mol. The van der Waals surface area contributed by atoms with Crippen LogP contribution < -0.4 is 10.7 Å². The normalized spacial score (nSPS) is 16.8. The quantitative estimate of drug-likeness (QED) is 0.483. The van der Waals surface area contributed by atoms with Gasteiger partial charge in [-0.25, -0.2) is 0 Å². The average Bonchev–Trinajstić information content (AvgIpc) is 2.92. The molecule has 0 atom stereocenters. The Labute approximate surface area is 130 Å². The van der Waals surface area contributed by atoms with E-state index in [1.807, 2.05) is 26.0 Å². The van der Waals surface area contributed by atoms with Gasteiger partial charge in [-0.2, -0.15) is 5.10 Å². The van der Waals surface area contributed by atoms with Gasteiger partial charge in [-0.1, -0.05) is 0 Å². The number of nitrogens with zero attached hydrogens (tertiary/aromatic N) is 2. The van der Waals surface area contributed by atoms with Crippen molar-refractivity contribution in [2.45, 2.75) is 13.8 Å². The maximum Gasteiger partial charge on any atom is 0.187 e. The van der Waals surface area contributed by atoms with E-state index in [4.69, 9.17) is 21.4 Å². The zero-order valence-electron chi connectivity index (χ0n) is 12.5. The van der Waals surface area contributed by atoms with Crippen LogP contribution in [0.25, 0.3) is 0 Å². The van der Waals surface area contributed by atoms with Crippen molar-refractivity contribution in [3.8, 4) is 0 Å². The van der Waals surface area contributed by atoms with Crippen molar-refractivity contribution in [1.29, 1.82) is 0 Å². The Kier molecular flexibility index (Phi) is 6.16. The predicted octanol–water partition coefficient (Wildman–Crippen LogP) is 1.11. The number of ether oxygens (including phenoxy) is 1. The van der Waals surface area contributed by atoms with Crippen LogP contribution in [0.5, 0.6) is 0 Å². The minimum Gasteiger partial charge on any atom is -0.460 e. The summed E-state index contributed by atoms with van der Waals surface area (Å²) >= 11 is 5.19. The van der Waals surface area contributed by atoms with Crippen LogP contribution in [0.2, 0.25) is 0 Å². The highest BCUT2D eigenvalue weighted by molar-refractivity contribution is 7.80. The van der Waals surface area contributed by atoms with Crippen LogP contribution in [0.4, 0.5) is 0 Å². The molecule has 2 rings (SSSR count). The van der Waals surface area contributed by atoms with E-state index in [1.165, 1.54) is 0 Å². The lowest BCUT2D eigenvalue weighted by molar-refractivity contribution is 0.0389. The number of hydrogen-bond acceptors (Lipinski definition) is 5. The van der Waals surface area contributed by atoms with Gasteiger partial charge in [0.15, 0.2) is 5.11 Å². The predicted molar refractivity (Wildman–Crippen MR) is 86.7 cm³/mol. The Morgan fingerprint density at radius 3 is 2.81 bits per heavy atom. The summed E-state index contributed by atoms with van der Waals surface area (Å²) in [5, 5.41) is 7.87. The maximum atomic E-state index is 5.49. The first-order valence-electron chi connectivity index (χ1n) is 7.10. The summed E-state index contributed by atoms with van der Waals surface area (Å²) in [4.78, 5) is 2.35. The van der Waals surface area contributed by atoms with Gasteiger partial charge in [-0.3, -0.25) is 10.3 Å². The lowest BCUT2D eigenvalue weighted by Gasteiger charge is -2.26. The molecule has 1 aliphatic rings. The fraction of sp³-hybridized carbons (Fsp3) is 0.571. The van der Waals surface area contributed by atoms with E-state index in [0.29, 0.717) is 5.11 Å². The van der Waals surface area contributed by atoms with Gasteiger partial charge in [0.05, 0.1) is 13.2 Å². The summed E-state index contributed by atoms with van der Waals surface area (Å²) in [6.07, 6.45) is 0. The number of rotatable bonds is 5. The van der Waals surface area contributed by atoms with Gasteiger partial charge in [-0.15, -0.1) is 0 Å². The van der Waals surface area contributed by atoms with Gasteiger partial charge in [-0.05, 0) is 38.2 Å². The molecule has 1 aromatic rings. The third-order valence-electron chi connectivity index (χ3n) is 3.24. The molecule has 0 bridgehead atoms. The standard InChI is InChI=1S/C14H22N4O2S/c1-11-3-4-13(20-11)12(2)16-17-14(21)15-5-6-18-7-9-19-10-8-18/h3-4H,5-10H2,1-2H3,(H2,15,17,21)/b16-12+. The van der Waals surface area contributed by atoms with Crippen LogP contribution in [0.15, 0.2) is 21.7 Å². The summed E-state index contributed by atoms with van der Waals surface area (Å²) in [6.45, 7) is 9.12. The Morgan fingerprint density at radius 2 is 2.14 bits per heavy atom. The molecule has 1 aliphatic heterocycles. The van der Waals surface area contributed by atoms with Crippen molar-refractivity contribution in [3.63, 3.8) is 0 Å². The van der Waals surface area contributed by atoms with Gasteiger partial charge in [0.25, 0.3) is 0 Å². The molecule has 2 heterocycles. The van der Waals surface area contributed by atoms with Crippen LogP contribution in [-0.2, 0) is 4.74 Å². The molecule has 1 saturated heterocycles. The smallest absolute Gasteiger partial charge is 0.187 e. The first-order chi connectivity index (χ1) is 10.1. The molecule has 2 N–H and O–H groups in total. The second kappa shape index (κ2) is 8.11. The second-order valence-corrected chi connectivity index (χ2v) is 5.34. The topological polar surface area (TPSA) is 62.0 Å². The Hall–Kier alpha value is -1.44. The van der Waals surface area contributed by atoms with Crippen molar-refractivity contribution in [2.75, 3.05) is 39.4 Å². The Morgan fingerprint density at radius 1 is 1.38 bits per heavy atom. The molecule has 7 heteroatoms. The molecular formula is C14H22N4O2S. The number of furan rings is 1. The summed E-state index contributed by atoms with van der Waals surface area (Å²) in [7, 11) is 0. The second-order valence-electron chi connectivity index (χ2n) is 4.93. The number of hydrogen-bond donors (Lipinski definition) is 2. The summed E-state index contributed by atoms with van der Waals surface area (Å²) in [6, 6.07) is 3.80. The highest BCUT2D eigenvalue weighted by Gasteiger charge is 2.09. The summed E-state index contributed by atoms with van der Waals surface area (Å²) < 4.78 is 10.8. The largest absolute Gasteiger partial charge is 0.460 e. The van der Waals surface area contributed by atoms with E-state index in [1.54, 1.807) is 0 Å². The SMILES string of the molecule is C/C(=N\NC(=S)NCCN1CCOCC1)c1ccc(C)o1. The molecule has 116 valence electrons. The van der Waals surface area contributed by atoms with Crippen LogP contribution >= 0.6 is 12.2 Å². The zero-order valence-corrected chi connectivity index (χ0v) is 13.3. The number of morpholine rings is 1. The van der Waals surface area contributed by atoms with Gasteiger partial charge < -0.3 is 14.5 Å². The molecule has 0 saturated carbocycles. The van der Waals surface area contributed by atoms with Crippen molar-refractivity contribution in [1.82, 2.24) is 15.6 Å². The van der Waals surface area contributed by atoms with E-state index in [-0.39, 0.29) is 0 Å². The Balaban J connectivity index is 1.67. The molecule has 6 nitrogen and oxygen atoms in total.